The van der Waals surface area contributed by atoms with E-state index < -0.39 is 46.6 Å². The molecule has 1 heterocycles. The largest absolute Gasteiger partial charge is 0.418 e. The van der Waals surface area contributed by atoms with Crippen LogP contribution in [0.25, 0.3) is 0 Å². The summed E-state index contributed by atoms with van der Waals surface area (Å²) in [6.45, 7) is 0. The molecule has 1 spiro atoms. The van der Waals surface area contributed by atoms with Crippen molar-refractivity contribution in [2.75, 3.05) is 16.8 Å². The minimum atomic E-state index is -4.98. The van der Waals surface area contributed by atoms with E-state index in [1.165, 1.54) is 24.1 Å². The fraction of sp³-hybridized carbons (Fsp3) is 0.273. The van der Waals surface area contributed by atoms with E-state index in [0.29, 0.717) is 17.4 Å². The lowest BCUT2D eigenvalue weighted by atomic mass is 9.75. The smallest absolute Gasteiger partial charge is 0.355 e. The van der Waals surface area contributed by atoms with Crippen LogP contribution in [0.4, 0.5) is 28.9 Å². The molecule has 2 aromatic carbocycles. The molecule has 6 nitrogen and oxygen atoms in total. The van der Waals surface area contributed by atoms with Crippen molar-refractivity contribution >= 4 is 40.5 Å². The Bertz CT molecular complexity index is 1290. The number of nitrogens with one attached hydrogen (secondary N) is 1. The molecule has 0 radical (unpaired) electrons. The summed E-state index contributed by atoms with van der Waals surface area (Å²) in [5, 5.41) is 11.0. The van der Waals surface area contributed by atoms with Crippen LogP contribution >= 0.6 is 12.2 Å². The molecule has 4 rings (SSSR count). The van der Waals surface area contributed by atoms with Crippen LogP contribution in [0, 0.1) is 17.1 Å². The summed E-state index contributed by atoms with van der Waals surface area (Å²) in [5.74, 6) is -2.32. The minimum Gasteiger partial charge on any atom is -0.355 e. The van der Waals surface area contributed by atoms with E-state index in [1.54, 1.807) is 6.07 Å². The summed E-state index contributed by atoms with van der Waals surface area (Å²) in [4.78, 5) is 27.3. The second-order valence-corrected chi connectivity index (χ2v) is 8.01. The van der Waals surface area contributed by atoms with Crippen LogP contribution in [-0.2, 0) is 11.0 Å². The minimum absolute atomic E-state index is 0.0967. The van der Waals surface area contributed by atoms with Crippen LogP contribution in [-0.4, -0.2) is 29.5 Å². The third kappa shape index (κ3) is 3.41. The van der Waals surface area contributed by atoms with Gasteiger partial charge in [0.1, 0.15) is 11.4 Å². The molecule has 33 heavy (non-hydrogen) atoms. The fourth-order valence-corrected chi connectivity index (χ4v) is 4.55. The van der Waals surface area contributed by atoms with Crippen molar-refractivity contribution < 1.29 is 28.5 Å². The first-order valence-corrected chi connectivity index (χ1v) is 10.2. The third-order valence-electron chi connectivity index (χ3n) is 5.85. The van der Waals surface area contributed by atoms with Crippen molar-refractivity contribution in [1.29, 1.82) is 5.26 Å². The summed E-state index contributed by atoms with van der Waals surface area (Å²) >= 11 is 5.42. The fourth-order valence-electron chi connectivity index (χ4n) is 4.09. The van der Waals surface area contributed by atoms with E-state index in [9.17, 15) is 27.2 Å². The number of alkyl halides is 3. The van der Waals surface area contributed by atoms with Crippen LogP contribution in [0.1, 0.15) is 42.1 Å². The number of nitriles is 1. The van der Waals surface area contributed by atoms with Gasteiger partial charge in [0.05, 0.1) is 29.8 Å². The van der Waals surface area contributed by atoms with Gasteiger partial charge in [-0.25, -0.2) is 4.39 Å². The predicted octanol–water partition coefficient (Wildman–Crippen LogP) is 4.14. The van der Waals surface area contributed by atoms with Crippen LogP contribution in [0.3, 0.4) is 0 Å². The highest BCUT2D eigenvalue weighted by molar-refractivity contribution is 7.81. The van der Waals surface area contributed by atoms with Gasteiger partial charge >= 0.3 is 6.18 Å². The Morgan fingerprint density at radius 1 is 1.30 bits per heavy atom. The number of anilines is 2. The summed E-state index contributed by atoms with van der Waals surface area (Å²) in [7, 11) is 1.33. The molecule has 2 aliphatic rings. The highest BCUT2D eigenvalue weighted by Crippen LogP contribution is 2.49. The zero-order valence-electron chi connectivity index (χ0n) is 18.1. The Morgan fingerprint density at radius 3 is 2.52 bits per heavy atom. The predicted molar refractivity (Wildman–Crippen MR) is 115 cm³/mol. The summed E-state index contributed by atoms with van der Waals surface area (Å²) in [6, 6.07) is 5.94. The van der Waals surface area contributed by atoms with Crippen molar-refractivity contribution in [2.24, 2.45) is 0 Å². The number of nitrogens with zero attached hydrogens (tertiary/aromatic N) is 3. The Morgan fingerprint density at radius 2 is 2.00 bits per heavy atom. The van der Waals surface area contributed by atoms with Gasteiger partial charge in [-0.2, -0.15) is 18.4 Å². The van der Waals surface area contributed by atoms with Gasteiger partial charge in [-0.05, 0) is 67.9 Å². The summed E-state index contributed by atoms with van der Waals surface area (Å²) < 4.78 is 64.5. The molecule has 0 aromatic heterocycles. The van der Waals surface area contributed by atoms with Crippen LogP contribution in [0.2, 0.25) is 0 Å². The molecule has 2 fully saturated rings. The highest BCUT2D eigenvalue weighted by Gasteiger charge is 2.60. The van der Waals surface area contributed by atoms with E-state index >= 15 is 0 Å². The lowest BCUT2D eigenvalue weighted by Crippen LogP contribution is -2.55. The SMILES string of the molecule is [2H]c1cc(C#N)cc(C(F)(F)F)c1N1C(=O)C2(CCC2)N(c2ccc(C(=O)NC)c(F)c2)C1=S. The summed E-state index contributed by atoms with van der Waals surface area (Å²) in [5.41, 5.74) is -3.99. The molecular formula is C22H16F4N4O2S. The monoisotopic (exact) mass is 477 g/mol. The first-order chi connectivity index (χ1) is 16.0. The summed E-state index contributed by atoms with van der Waals surface area (Å²) in [6.07, 6.45) is -3.88. The van der Waals surface area contributed by atoms with Crippen LogP contribution in [0.15, 0.2) is 36.4 Å². The number of thiocarbonyl (C=S) groups is 1. The number of carbonyl (C=O) groups excluding carboxylic acids is 2. The molecule has 0 atom stereocenters. The van der Waals surface area contributed by atoms with Gasteiger partial charge in [-0.3, -0.25) is 14.5 Å². The van der Waals surface area contributed by atoms with Crippen molar-refractivity contribution in [3.63, 3.8) is 0 Å². The zero-order chi connectivity index (χ0) is 25.0. The van der Waals surface area contributed by atoms with Gasteiger partial charge in [-0.15, -0.1) is 0 Å². The molecular weight excluding hydrogens is 460 g/mol. The number of hydrogen-bond acceptors (Lipinski definition) is 4. The highest BCUT2D eigenvalue weighted by atomic mass is 32.1. The third-order valence-corrected chi connectivity index (χ3v) is 6.22. The van der Waals surface area contributed by atoms with Gasteiger partial charge < -0.3 is 10.2 Å². The quantitative estimate of drug-likeness (QED) is 0.531. The maximum Gasteiger partial charge on any atom is 0.418 e. The number of amides is 2. The second kappa shape index (κ2) is 7.81. The lowest BCUT2D eigenvalue weighted by molar-refractivity contribution is -0.137. The van der Waals surface area contributed by atoms with E-state index in [2.05, 4.69) is 5.32 Å². The van der Waals surface area contributed by atoms with Crippen molar-refractivity contribution in [3.05, 3.63) is 58.9 Å². The zero-order valence-corrected chi connectivity index (χ0v) is 17.9. The Balaban J connectivity index is 1.88. The molecule has 11 heteroatoms. The number of halogens is 4. The van der Waals surface area contributed by atoms with Crippen LogP contribution in [0.5, 0.6) is 0 Å². The molecule has 2 aromatic rings. The molecule has 1 aliphatic carbocycles. The normalized spacial score (nSPS) is 17.6. The topological polar surface area (TPSA) is 76.4 Å². The molecule has 0 unspecified atom stereocenters. The Hall–Kier alpha value is -3.52. The number of rotatable bonds is 3. The maximum atomic E-state index is 14.7. The first kappa shape index (κ1) is 21.3. The standard InChI is InChI=1S/C22H16F4N4O2S/c1-28-18(31)14-5-4-13(10-16(14)23)30-20(33)29(19(32)21(30)7-2-8-21)17-6-3-12(11-27)9-15(17)22(24,25)26/h3-6,9-10H,2,7-8H2,1H3,(H,28,31)/i6D. The second-order valence-electron chi connectivity index (χ2n) is 7.65. The Labute approximate surface area is 192 Å². The van der Waals surface area contributed by atoms with Gasteiger partial charge in [0.2, 0.25) is 0 Å². The van der Waals surface area contributed by atoms with Crippen LogP contribution < -0.4 is 15.1 Å². The van der Waals surface area contributed by atoms with E-state index in [-0.39, 0.29) is 34.8 Å². The molecule has 1 aliphatic heterocycles. The molecule has 170 valence electrons. The molecule has 1 N–H and O–H groups in total. The van der Waals surface area contributed by atoms with Gasteiger partial charge in [0.15, 0.2) is 5.11 Å². The number of benzene rings is 2. The van der Waals surface area contributed by atoms with Gasteiger partial charge in [0.25, 0.3) is 11.8 Å². The first-order valence-electron chi connectivity index (χ1n) is 10.3. The van der Waals surface area contributed by atoms with Gasteiger partial charge in [-0.1, -0.05) is 0 Å². The van der Waals surface area contributed by atoms with Gasteiger partial charge in [0, 0.05) is 12.7 Å². The average molecular weight is 477 g/mol. The molecule has 1 saturated carbocycles. The Kier molecular flexibility index (Phi) is 5.05. The average Bonchev–Trinajstić information content (AvgIpc) is 2.98. The number of carbonyl (C=O) groups is 2. The lowest BCUT2D eigenvalue weighted by Gasteiger charge is -2.43. The number of hydrogen-bond donors (Lipinski definition) is 1. The molecule has 2 amide bonds. The van der Waals surface area contributed by atoms with E-state index in [1.807, 2.05) is 0 Å². The van der Waals surface area contributed by atoms with Crippen molar-refractivity contribution in [1.82, 2.24) is 5.32 Å². The van der Waals surface area contributed by atoms with Crippen molar-refractivity contribution in [2.45, 2.75) is 31.0 Å². The maximum absolute atomic E-state index is 14.7. The molecule has 0 bridgehead atoms. The van der Waals surface area contributed by atoms with E-state index in [4.69, 9.17) is 18.9 Å². The van der Waals surface area contributed by atoms with E-state index in [0.717, 1.165) is 12.1 Å². The molecule has 1 saturated heterocycles. The van der Waals surface area contributed by atoms with Crippen molar-refractivity contribution in [3.8, 4) is 6.07 Å².